The minimum atomic E-state index is -4.61. The maximum atomic E-state index is 12.1. The number of carbonyl (C=O) groups is 2. The molecule has 10 nitrogen and oxygen atoms in total. The first-order valence-corrected chi connectivity index (χ1v) is 19.6. The third-order valence-corrected chi connectivity index (χ3v) is 8.26. The van der Waals surface area contributed by atoms with Crippen LogP contribution in [0, 0.1) is 0 Å². The van der Waals surface area contributed by atoms with Gasteiger partial charge in [0.25, 0.3) is 0 Å². The van der Waals surface area contributed by atoms with E-state index in [1.807, 2.05) is 6.92 Å². The quantitative estimate of drug-likeness (QED) is 0.0263. The van der Waals surface area contributed by atoms with E-state index < -0.39 is 58.4 Å². The predicted molar refractivity (Wildman–Crippen MR) is 191 cm³/mol. The van der Waals surface area contributed by atoms with Gasteiger partial charge >= 0.3 is 19.8 Å². The van der Waals surface area contributed by atoms with Crippen LogP contribution in [0.1, 0.15) is 136 Å². The predicted octanol–water partition coefficient (Wildman–Crippen LogP) is 8.60. The highest BCUT2D eigenvalue weighted by molar-refractivity contribution is 7.47. The van der Waals surface area contributed by atoms with Gasteiger partial charge in [-0.15, -0.1) is 0 Å². The Morgan fingerprint density at radius 3 is 1.42 bits per heavy atom. The van der Waals surface area contributed by atoms with Crippen LogP contribution in [0.5, 0.6) is 0 Å². The Labute approximate surface area is 290 Å². The van der Waals surface area contributed by atoms with Crippen LogP contribution in [0.2, 0.25) is 0 Å². The summed E-state index contributed by atoms with van der Waals surface area (Å²) >= 11 is 0. The van der Waals surface area contributed by atoms with Crippen LogP contribution in [-0.4, -0.2) is 65.7 Å². The second-order valence-corrected chi connectivity index (χ2v) is 13.3. The molecule has 0 aromatic rings. The molecule has 0 heterocycles. The molecule has 0 aromatic heterocycles. The fourth-order valence-corrected chi connectivity index (χ4v) is 5.28. The fourth-order valence-electron chi connectivity index (χ4n) is 4.49. The van der Waals surface area contributed by atoms with Crippen molar-refractivity contribution in [2.24, 2.45) is 0 Å². The second-order valence-electron chi connectivity index (χ2n) is 11.8. The fraction of sp³-hybridized carbons (Fsp3) is 0.730. The molecule has 0 saturated heterocycles. The van der Waals surface area contributed by atoms with Crippen molar-refractivity contribution in [2.75, 3.05) is 26.4 Å². The Bertz CT molecular complexity index is 946. The van der Waals surface area contributed by atoms with Crippen LogP contribution in [0.15, 0.2) is 48.6 Å². The van der Waals surface area contributed by atoms with Gasteiger partial charge in [-0.05, 0) is 51.4 Å². The van der Waals surface area contributed by atoms with Gasteiger partial charge in [-0.25, -0.2) is 4.57 Å². The van der Waals surface area contributed by atoms with Crippen LogP contribution in [-0.2, 0) is 32.7 Å². The molecule has 0 radical (unpaired) electrons. The molecule has 278 valence electrons. The molecule has 0 aliphatic rings. The third kappa shape index (κ3) is 31.2. The summed E-state index contributed by atoms with van der Waals surface area (Å²) in [5.74, 6) is -1.06. The molecular formula is C37H65O10P. The van der Waals surface area contributed by atoms with Crippen molar-refractivity contribution in [3.05, 3.63) is 48.6 Å². The number of carbonyl (C=O) groups excluding carboxylic acids is 2. The maximum absolute atomic E-state index is 12.1. The third-order valence-electron chi connectivity index (χ3n) is 7.31. The van der Waals surface area contributed by atoms with E-state index in [1.54, 1.807) is 0 Å². The highest BCUT2D eigenvalue weighted by atomic mass is 31.2. The number of unbranched alkanes of at least 4 members (excludes halogenated alkanes) is 11. The van der Waals surface area contributed by atoms with Gasteiger partial charge in [-0.1, -0.05) is 120 Å². The van der Waals surface area contributed by atoms with E-state index in [0.717, 1.165) is 57.8 Å². The van der Waals surface area contributed by atoms with E-state index in [1.165, 1.54) is 38.5 Å². The van der Waals surface area contributed by atoms with Gasteiger partial charge in [0.1, 0.15) is 12.2 Å². The molecule has 11 heteroatoms. The zero-order valence-corrected chi connectivity index (χ0v) is 30.6. The highest BCUT2D eigenvalue weighted by Crippen LogP contribution is 2.43. The van der Waals surface area contributed by atoms with Crippen molar-refractivity contribution in [2.45, 2.75) is 148 Å². The first-order chi connectivity index (χ1) is 23.3. The molecule has 0 aliphatic carbocycles. The van der Waals surface area contributed by atoms with Gasteiger partial charge in [-0.3, -0.25) is 18.6 Å². The monoisotopic (exact) mass is 700 g/mol. The molecule has 0 rings (SSSR count). The number of aliphatic hydroxyl groups excluding tert-OH is 2. The Hall–Kier alpha value is -2.07. The first-order valence-electron chi connectivity index (χ1n) is 18.1. The summed E-state index contributed by atoms with van der Waals surface area (Å²) in [7, 11) is -4.61. The Morgan fingerprint density at radius 1 is 0.583 bits per heavy atom. The van der Waals surface area contributed by atoms with Crippen LogP contribution < -0.4 is 0 Å². The minimum absolute atomic E-state index is 0.165. The van der Waals surface area contributed by atoms with E-state index in [4.69, 9.17) is 18.5 Å². The molecule has 0 bridgehead atoms. The van der Waals surface area contributed by atoms with Crippen molar-refractivity contribution in [1.82, 2.24) is 0 Å². The largest absolute Gasteiger partial charge is 0.472 e. The first kappa shape index (κ1) is 45.9. The van der Waals surface area contributed by atoms with Gasteiger partial charge in [-0.2, -0.15) is 0 Å². The van der Waals surface area contributed by atoms with Crippen molar-refractivity contribution in [1.29, 1.82) is 0 Å². The summed E-state index contributed by atoms with van der Waals surface area (Å²) in [5.41, 5.74) is 0. The molecule has 0 spiro atoms. The van der Waals surface area contributed by atoms with E-state index in [0.29, 0.717) is 12.8 Å². The molecule has 3 unspecified atom stereocenters. The van der Waals surface area contributed by atoms with Crippen molar-refractivity contribution in [3.63, 3.8) is 0 Å². The highest BCUT2D eigenvalue weighted by Gasteiger charge is 2.27. The number of ether oxygens (including phenoxy) is 2. The molecule has 3 atom stereocenters. The smallest absolute Gasteiger partial charge is 0.457 e. The summed E-state index contributed by atoms with van der Waals surface area (Å²) in [4.78, 5) is 33.7. The summed E-state index contributed by atoms with van der Waals surface area (Å²) in [6.07, 6.45) is 33.8. The number of hydrogen-bond acceptors (Lipinski definition) is 9. The summed E-state index contributed by atoms with van der Waals surface area (Å²) in [6.45, 7) is 1.76. The Balaban J connectivity index is 3.80. The molecule has 0 aromatic carbocycles. The van der Waals surface area contributed by atoms with Gasteiger partial charge < -0.3 is 24.6 Å². The van der Waals surface area contributed by atoms with Crippen LogP contribution >= 0.6 is 7.82 Å². The minimum Gasteiger partial charge on any atom is -0.457 e. The van der Waals surface area contributed by atoms with Gasteiger partial charge in [0.2, 0.25) is 0 Å². The lowest BCUT2D eigenvalue weighted by atomic mass is 10.0. The SMILES string of the molecule is CC/C=C\C/C=C\C/C=C\C/C=C\CCCCCCCCCCCCC(=O)OC(CO)COP(=O)(O)OCC(CO)OC(=O)CCCC. The number of hydrogen-bond donors (Lipinski definition) is 3. The maximum Gasteiger partial charge on any atom is 0.472 e. The summed E-state index contributed by atoms with van der Waals surface area (Å²) in [5, 5.41) is 18.8. The lowest BCUT2D eigenvalue weighted by molar-refractivity contribution is -0.153. The topological polar surface area (TPSA) is 149 Å². The summed E-state index contributed by atoms with van der Waals surface area (Å²) in [6, 6.07) is 0. The normalized spacial score (nSPS) is 14.7. The number of esters is 2. The van der Waals surface area contributed by atoms with Crippen LogP contribution in [0.4, 0.5) is 0 Å². The molecule has 0 fully saturated rings. The number of rotatable bonds is 33. The second kappa shape index (κ2) is 33.4. The Morgan fingerprint density at radius 2 is 0.979 bits per heavy atom. The van der Waals surface area contributed by atoms with Crippen molar-refractivity contribution in [3.8, 4) is 0 Å². The van der Waals surface area contributed by atoms with Crippen LogP contribution in [0.25, 0.3) is 0 Å². The van der Waals surface area contributed by atoms with E-state index in [2.05, 4.69) is 55.5 Å². The van der Waals surface area contributed by atoms with Gasteiger partial charge in [0.05, 0.1) is 26.4 Å². The summed E-state index contributed by atoms with van der Waals surface area (Å²) < 4.78 is 31.9. The number of phosphoric acid groups is 1. The molecule has 0 amide bonds. The average Bonchev–Trinajstić information content (AvgIpc) is 3.07. The number of allylic oxidation sites excluding steroid dienone is 8. The van der Waals surface area contributed by atoms with E-state index >= 15 is 0 Å². The van der Waals surface area contributed by atoms with Gasteiger partial charge in [0, 0.05) is 12.8 Å². The standard InChI is InChI=1S/C37H65O10P/c1-3-5-7-8-9-10-11-12-13-14-15-16-17-18-19-20-21-22-23-24-25-26-27-29-37(41)47-35(31-39)33-45-48(42,43)44-32-34(30-38)46-36(40)28-6-4-2/h5,7,9-10,12-13,15-16,34-35,38-39H,3-4,6,8,11,14,17-33H2,1-2H3,(H,42,43)/b7-5-,10-9-,13-12-,16-15-. The zero-order chi connectivity index (χ0) is 35.6. The molecular weight excluding hydrogens is 635 g/mol. The van der Waals surface area contributed by atoms with E-state index in [9.17, 15) is 29.3 Å². The lowest BCUT2D eigenvalue weighted by Crippen LogP contribution is -2.28. The molecule has 3 N–H and O–H groups in total. The Kier molecular flexibility index (Phi) is 32.0. The van der Waals surface area contributed by atoms with E-state index in [-0.39, 0.29) is 12.8 Å². The number of phosphoric ester groups is 1. The zero-order valence-electron chi connectivity index (χ0n) is 29.7. The number of aliphatic hydroxyl groups is 2. The lowest BCUT2D eigenvalue weighted by Gasteiger charge is -2.20. The van der Waals surface area contributed by atoms with Crippen molar-refractivity contribution >= 4 is 19.8 Å². The molecule has 0 saturated carbocycles. The molecule has 48 heavy (non-hydrogen) atoms. The van der Waals surface area contributed by atoms with Gasteiger partial charge in [0.15, 0.2) is 0 Å². The van der Waals surface area contributed by atoms with Crippen molar-refractivity contribution < 1.29 is 47.8 Å². The average molecular weight is 701 g/mol. The molecule has 0 aliphatic heterocycles. The van der Waals surface area contributed by atoms with Crippen LogP contribution in [0.3, 0.4) is 0 Å².